The summed E-state index contributed by atoms with van der Waals surface area (Å²) in [6.45, 7) is 0. The summed E-state index contributed by atoms with van der Waals surface area (Å²) in [4.78, 5) is 30.0. The second-order valence-corrected chi connectivity index (χ2v) is 8.83. The van der Waals surface area contributed by atoms with Gasteiger partial charge < -0.3 is 5.32 Å². The number of H-pyrrole nitrogens is 1. The number of hydrogen-bond donors (Lipinski definition) is 3. The molecule has 0 aliphatic heterocycles. The molecule has 2 amide bonds. The van der Waals surface area contributed by atoms with Crippen LogP contribution in [0.2, 0.25) is 0 Å². The maximum atomic E-state index is 13.1. The lowest BCUT2D eigenvalue weighted by molar-refractivity contribution is -0.122. The van der Waals surface area contributed by atoms with Crippen LogP contribution >= 0.6 is 0 Å². The number of aryl methyl sites for hydroxylation is 1. The van der Waals surface area contributed by atoms with E-state index in [9.17, 15) is 9.59 Å². The van der Waals surface area contributed by atoms with E-state index >= 15 is 0 Å². The van der Waals surface area contributed by atoms with Crippen molar-refractivity contribution in [3.05, 3.63) is 84.4 Å². The van der Waals surface area contributed by atoms with Gasteiger partial charge in [0.15, 0.2) is 0 Å². The van der Waals surface area contributed by atoms with Gasteiger partial charge in [-0.2, -0.15) is 5.10 Å². The topological polar surface area (TPSA) is 105 Å². The van der Waals surface area contributed by atoms with Gasteiger partial charge in [0.2, 0.25) is 11.9 Å². The standard InChI is InChI=1S/C27H28N6O2/c34-25(30-22-9-5-10-22)14-6-11-23-18-33(24-12-2-1-3-13-24)27(31-23)32-26(35)20-8-4-7-19(15-20)21-16-28-29-17-21/h1-4,7-8,12-13,15-18,22H,5-6,9-11,14H2,(H,28,29)(H,30,34)(H,31,32,35). The minimum Gasteiger partial charge on any atom is -0.353 e. The number of aromatic nitrogens is 4. The largest absolute Gasteiger partial charge is 0.353 e. The van der Waals surface area contributed by atoms with Gasteiger partial charge in [0.25, 0.3) is 5.91 Å². The quantitative estimate of drug-likeness (QED) is 0.336. The number of amides is 2. The molecule has 8 nitrogen and oxygen atoms in total. The van der Waals surface area contributed by atoms with Gasteiger partial charge in [-0.05, 0) is 61.9 Å². The van der Waals surface area contributed by atoms with Gasteiger partial charge >= 0.3 is 0 Å². The number of anilines is 1. The van der Waals surface area contributed by atoms with Crippen molar-refractivity contribution < 1.29 is 9.59 Å². The third kappa shape index (κ3) is 5.48. The molecule has 0 spiro atoms. The molecule has 3 N–H and O–H groups in total. The van der Waals surface area contributed by atoms with Crippen LogP contribution in [0.25, 0.3) is 16.8 Å². The Hall–Kier alpha value is -4.20. The van der Waals surface area contributed by atoms with Crippen molar-refractivity contribution in [2.24, 2.45) is 0 Å². The third-order valence-electron chi connectivity index (χ3n) is 6.28. The highest BCUT2D eigenvalue weighted by Crippen LogP contribution is 2.22. The highest BCUT2D eigenvalue weighted by Gasteiger charge is 2.19. The summed E-state index contributed by atoms with van der Waals surface area (Å²) in [5, 5.41) is 12.8. The molecule has 1 aliphatic rings. The van der Waals surface area contributed by atoms with Crippen LogP contribution in [0, 0.1) is 0 Å². The van der Waals surface area contributed by atoms with Crippen LogP contribution < -0.4 is 10.6 Å². The molecule has 1 saturated carbocycles. The fourth-order valence-corrected chi connectivity index (χ4v) is 4.13. The van der Waals surface area contributed by atoms with Crippen molar-refractivity contribution in [1.82, 2.24) is 25.1 Å². The Balaban J connectivity index is 1.30. The lowest BCUT2D eigenvalue weighted by Crippen LogP contribution is -2.39. The van der Waals surface area contributed by atoms with Crippen molar-refractivity contribution in [3.8, 4) is 16.8 Å². The van der Waals surface area contributed by atoms with Crippen LogP contribution in [0.4, 0.5) is 5.95 Å². The summed E-state index contributed by atoms with van der Waals surface area (Å²) in [5.74, 6) is 0.302. The molecule has 1 aliphatic carbocycles. The van der Waals surface area contributed by atoms with Crippen LogP contribution in [0.1, 0.15) is 48.2 Å². The van der Waals surface area contributed by atoms with Gasteiger partial charge in [-0.15, -0.1) is 0 Å². The van der Waals surface area contributed by atoms with Crippen molar-refractivity contribution in [3.63, 3.8) is 0 Å². The summed E-state index contributed by atoms with van der Waals surface area (Å²) >= 11 is 0. The Labute approximate surface area is 203 Å². The molecule has 178 valence electrons. The van der Waals surface area contributed by atoms with Crippen LogP contribution in [0.15, 0.2) is 73.2 Å². The van der Waals surface area contributed by atoms with Crippen LogP contribution in [0.5, 0.6) is 0 Å². The second-order valence-electron chi connectivity index (χ2n) is 8.83. The Kier molecular flexibility index (Phi) is 6.70. The number of aromatic amines is 1. The van der Waals surface area contributed by atoms with Gasteiger partial charge in [0.1, 0.15) is 0 Å². The number of carbonyl (C=O) groups excluding carboxylic acids is 2. The van der Waals surface area contributed by atoms with E-state index in [1.165, 1.54) is 6.42 Å². The van der Waals surface area contributed by atoms with E-state index in [1.807, 2.05) is 59.3 Å². The molecule has 0 bridgehead atoms. The first-order chi connectivity index (χ1) is 17.2. The van der Waals surface area contributed by atoms with Crippen LogP contribution in [0.3, 0.4) is 0 Å². The predicted molar refractivity (Wildman–Crippen MR) is 134 cm³/mol. The lowest BCUT2D eigenvalue weighted by Gasteiger charge is -2.26. The Morgan fingerprint density at radius 1 is 1.06 bits per heavy atom. The van der Waals surface area contributed by atoms with E-state index < -0.39 is 0 Å². The number of carbonyl (C=O) groups is 2. The van der Waals surface area contributed by atoms with E-state index in [1.54, 1.807) is 18.5 Å². The number of hydrogen-bond acceptors (Lipinski definition) is 4. The van der Waals surface area contributed by atoms with E-state index in [4.69, 9.17) is 4.98 Å². The molecule has 4 aromatic rings. The summed E-state index contributed by atoms with van der Waals surface area (Å²) in [6, 6.07) is 17.5. The molecule has 2 aromatic carbocycles. The smallest absolute Gasteiger partial charge is 0.258 e. The number of rotatable bonds is 9. The molecule has 0 radical (unpaired) electrons. The lowest BCUT2D eigenvalue weighted by atomic mass is 9.93. The summed E-state index contributed by atoms with van der Waals surface area (Å²) in [6.07, 6.45) is 10.6. The molecule has 35 heavy (non-hydrogen) atoms. The van der Waals surface area contributed by atoms with Crippen molar-refractivity contribution in [2.45, 2.75) is 44.6 Å². The van der Waals surface area contributed by atoms with Crippen LogP contribution in [-0.2, 0) is 11.2 Å². The van der Waals surface area contributed by atoms with Crippen LogP contribution in [-0.4, -0.2) is 37.6 Å². The Bertz CT molecular complexity index is 1290. The number of nitrogens with one attached hydrogen (secondary N) is 3. The maximum absolute atomic E-state index is 13.1. The van der Waals surface area contributed by atoms with Gasteiger partial charge in [-0.25, -0.2) is 4.98 Å². The van der Waals surface area contributed by atoms with E-state index in [0.29, 0.717) is 36.8 Å². The number of nitrogens with zero attached hydrogens (tertiary/aromatic N) is 3. The minimum absolute atomic E-state index is 0.100. The number of benzene rings is 2. The van der Waals surface area contributed by atoms with Gasteiger partial charge in [0, 0.05) is 41.7 Å². The number of para-hydroxylation sites is 1. The van der Waals surface area contributed by atoms with Crippen molar-refractivity contribution >= 4 is 17.8 Å². The average Bonchev–Trinajstić information content (AvgIpc) is 3.53. The second kappa shape index (κ2) is 10.4. The molecule has 0 atom stereocenters. The summed E-state index contributed by atoms with van der Waals surface area (Å²) < 4.78 is 1.88. The zero-order chi connectivity index (χ0) is 24.0. The zero-order valence-electron chi connectivity index (χ0n) is 19.4. The highest BCUT2D eigenvalue weighted by molar-refractivity contribution is 6.04. The molecule has 0 saturated heterocycles. The average molecular weight is 469 g/mol. The third-order valence-corrected chi connectivity index (χ3v) is 6.28. The highest BCUT2D eigenvalue weighted by atomic mass is 16.2. The van der Waals surface area contributed by atoms with Gasteiger partial charge in [-0.3, -0.25) is 24.6 Å². The predicted octanol–water partition coefficient (Wildman–Crippen LogP) is 4.51. The van der Waals surface area contributed by atoms with Crippen molar-refractivity contribution in [2.75, 3.05) is 5.32 Å². The minimum atomic E-state index is -0.246. The van der Waals surface area contributed by atoms with E-state index in [2.05, 4.69) is 20.8 Å². The fraction of sp³-hybridized carbons (Fsp3) is 0.259. The monoisotopic (exact) mass is 468 g/mol. The molecule has 5 rings (SSSR count). The fourth-order valence-electron chi connectivity index (χ4n) is 4.13. The first kappa shape index (κ1) is 22.6. The molecule has 8 heteroatoms. The van der Waals surface area contributed by atoms with Gasteiger partial charge in [-0.1, -0.05) is 30.3 Å². The normalized spacial score (nSPS) is 13.3. The molecule has 2 heterocycles. The van der Waals surface area contributed by atoms with E-state index in [-0.39, 0.29) is 11.8 Å². The maximum Gasteiger partial charge on any atom is 0.258 e. The molecular formula is C27H28N6O2. The Morgan fingerprint density at radius 2 is 1.91 bits per heavy atom. The van der Waals surface area contributed by atoms with Gasteiger partial charge in [0.05, 0.1) is 11.9 Å². The SMILES string of the molecule is O=C(CCCc1cn(-c2ccccc2)c(NC(=O)c2cccc(-c3cn[nH]c3)c2)n1)NC1CCC1. The van der Waals surface area contributed by atoms with E-state index in [0.717, 1.165) is 35.3 Å². The zero-order valence-corrected chi connectivity index (χ0v) is 19.4. The summed E-state index contributed by atoms with van der Waals surface area (Å²) in [5.41, 5.74) is 4.07. The number of imidazole rings is 1. The molecular weight excluding hydrogens is 440 g/mol. The molecule has 0 unspecified atom stereocenters. The molecule has 2 aromatic heterocycles. The first-order valence-electron chi connectivity index (χ1n) is 12.0. The molecule has 1 fully saturated rings. The Morgan fingerprint density at radius 3 is 2.66 bits per heavy atom. The first-order valence-corrected chi connectivity index (χ1v) is 12.0. The van der Waals surface area contributed by atoms with Crippen molar-refractivity contribution in [1.29, 1.82) is 0 Å². The summed E-state index contributed by atoms with van der Waals surface area (Å²) in [7, 11) is 0.